The standard InChI is InChI=1S/C15H20N4O2S/c1-4-22-10-12-5-6-16-14(8-12)17-15(20)19(3)9-13-7-11(2)21-18-13/h5-8H,4,9-10H2,1-3H3,(H,16,17,20). The monoisotopic (exact) mass is 320 g/mol. The van der Waals surface area contributed by atoms with Gasteiger partial charge in [-0.05, 0) is 30.4 Å². The predicted molar refractivity (Wildman–Crippen MR) is 87.8 cm³/mol. The third-order valence-corrected chi connectivity index (χ3v) is 3.90. The molecule has 0 atom stereocenters. The first-order chi connectivity index (χ1) is 10.6. The summed E-state index contributed by atoms with van der Waals surface area (Å²) in [5.74, 6) is 3.26. The van der Waals surface area contributed by atoms with E-state index < -0.39 is 0 Å². The van der Waals surface area contributed by atoms with Crippen LogP contribution in [0.15, 0.2) is 28.9 Å². The molecule has 0 aliphatic carbocycles. The molecule has 1 N–H and O–H groups in total. The number of urea groups is 1. The molecule has 2 aromatic rings. The van der Waals surface area contributed by atoms with E-state index in [9.17, 15) is 4.79 Å². The van der Waals surface area contributed by atoms with Gasteiger partial charge in [0.05, 0.1) is 6.54 Å². The molecule has 0 spiro atoms. The van der Waals surface area contributed by atoms with E-state index >= 15 is 0 Å². The molecule has 0 fully saturated rings. The van der Waals surface area contributed by atoms with Crippen LogP contribution < -0.4 is 5.32 Å². The van der Waals surface area contributed by atoms with Crippen LogP contribution >= 0.6 is 11.8 Å². The third-order valence-electron chi connectivity index (χ3n) is 2.95. The number of thioether (sulfide) groups is 1. The number of aryl methyl sites for hydroxylation is 1. The zero-order chi connectivity index (χ0) is 15.9. The molecular formula is C15H20N4O2S. The van der Waals surface area contributed by atoms with E-state index in [1.807, 2.05) is 36.9 Å². The van der Waals surface area contributed by atoms with Crippen LogP contribution in [0.1, 0.15) is 23.9 Å². The average Bonchev–Trinajstić information content (AvgIpc) is 2.90. The van der Waals surface area contributed by atoms with Gasteiger partial charge in [0.2, 0.25) is 0 Å². The average molecular weight is 320 g/mol. The number of hydrogen-bond acceptors (Lipinski definition) is 5. The van der Waals surface area contributed by atoms with Crippen LogP contribution in [0.3, 0.4) is 0 Å². The van der Waals surface area contributed by atoms with Gasteiger partial charge in [0.15, 0.2) is 0 Å². The molecule has 0 radical (unpaired) electrons. The quantitative estimate of drug-likeness (QED) is 0.884. The first-order valence-corrected chi connectivity index (χ1v) is 8.21. The maximum atomic E-state index is 12.2. The maximum Gasteiger partial charge on any atom is 0.323 e. The molecule has 2 heterocycles. The van der Waals surface area contributed by atoms with Gasteiger partial charge >= 0.3 is 6.03 Å². The van der Waals surface area contributed by atoms with Crippen molar-refractivity contribution in [1.82, 2.24) is 15.0 Å². The number of aromatic nitrogens is 2. The smallest absolute Gasteiger partial charge is 0.323 e. The lowest BCUT2D eigenvalue weighted by atomic mass is 10.3. The van der Waals surface area contributed by atoms with Gasteiger partial charge in [0.1, 0.15) is 17.3 Å². The van der Waals surface area contributed by atoms with Gasteiger partial charge in [-0.2, -0.15) is 11.8 Å². The van der Waals surface area contributed by atoms with Gasteiger partial charge in [-0.3, -0.25) is 5.32 Å². The molecule has 6 nitrogen and oxygen atoms in total. The Morgan fingerprint density at radius 3 is 2.95 bits per heavy atom. The van der Waals surface area contributed by atoms with Crippen LogP contribution in [0.5, 0.6) is 0 Å². The van der Waals surface area contributed by atoms with Crippen molar-refractivity contribution in [3.05, 3.63) is 41.4 Å². The Morgan fingerprint density at radius 2 is 2.27 bits per heavy atom. The van der Waals surface area contributed by atoms with Crippen molar-refractivity contribution in [1.29, 1.82) is 0 Å². The summed E-state index contributed by atoms with van der Waals surface area (Å²) < 4.78 is 4.99. The third kappa shape index (κ3) is 4.77. The highest BCUT2D eigenvalue weighted by atomic mass is 32.2. The Hall–Kier alpha value is -2.02. The molecule has 0 bridgehead atoms. The van der Waals surface area contributed by atoms with Crippen molar-refractivity contribution in [2.75, 3.05) is 18.1 Å². The van der Waals surface area contributed by atoms with Gasteiger partial charge in [-0.15, -0.1) is 0 Å². The van der Waals surface area contributed by atoms with E-state index in [1.165, 1.54) is 4.90 Å². The molecule has 0 saturated heterocycles. The highest BCUT2D eigenvalue weighted by Gasteiger charge is 2.12. The Morgan fingerprint density at radius 1 is 1.45 bits per heavy atom. The van der Waals surface area contributed by atoms with Crippen molar-refractivity contribution >= 4 is 23.6 Å². The summed E-state index contributed by atoms with van der Waals surface area (Å²) in [5.41, 5.74) is 1.86. The molecule has 2 amide bonds. The molecule has 2 aromatic heterocycles. The van der Waals surface area contributed by atoms with Gasteiger partial charge in [-0.25, -0.2) is 9.78 Å². The van der Waals surface area contributed by atoms with Crippen LogP contribution in [0.2, 0.25) is 0 Å². The fraction of sp³-hybridized carbons (Fsp3) is 0.400. The van der Waals surface area contributed by atoms with E-state index in [1.54, 1.807) is 13.2 Å². The summed E-state index contributed by atoms with van der Waals surface area (Å²) in [7, 11) is 1.70. The van der Waals surface area contributed by atoms with Crippen molar-refractivity contribution in [3.63, 3.8) is 0 Å². The Balaban J connectivity index is 1.93. The molecule has 0 aromatic carbocycles. The summed E-state index contributed by atoms with van der Waals surface area (Å²) in [4.78, 5) is 17.9. The molecular weight excluding hydrogens is 300 g/mol. The second kappa shape index (κ2) is 7.84. The summed E-state index contributed by atoms with van der Waals surface area (Å²) in [6.07, 6.45) is 1.71. The van der Waals surface area contributed by atoms with Crippen LogP contribution in [0.25, 0.3) is 0 Å². The number of carbonyl (C=O) groups excluding carboxylic acids is 1. The predicted octanol–water partition coefficient (Wildman–Crippen LogP) is 3.30. The molecule has 0 saturated carbocycles. The highest BCUT2D eigenvalue weighted by Crippen LogP contribution is 2.14. The number of nitrogens with one attached hydrogen (secondary N) is 1. The minimum absolute atomic E-state index is 0.228. The summed E-state index contributed by atoms with van der Waals surface area (Å²) in [5, 5.41) is 6.67. The summed E-state index contributed by atoms with van der Waals surface area (Å²) in [6, 6.07) is 5.44. The number of nitrogens with zero attached hydrogens (tertiary/aromatic N) is 3. The number of carbonyl (C=O) groups is 1. The van der Waals surface area contributed by atoms with Crippen LogP contribution in [-0.4, -0.2) is 33.9 Å². The first-order valence-electron chi connectivity index (χ1n) is 7.05. The normalized spacial score (nSPS) is 10.5. The molecule has 118 valence electrons. The summed E-state index contributed by atoms with van der Waals surface area (Å²) >= 11 is 1.83. The van der Waals surface area contributed by atoms with Crippen LogP contribution in [0, 0.1) is 6.92 Å². The van der Waals surface area contributed by atoms with Gasteiger partial charge < -0.3 is 9.42 Å². The fourth-order valence-electron chi connectivity index (χ4n) is 1.86. The second-order valence-corrected chi connectivity index (χ2v) is 6.18. The van der Waals surface area contributed by atoms with E-state index in [0.29, 0.717) is 12.4 Å². The number of hydrogen-bond donors (Lipinski definition) is 1. The Kier molecular flexibility index (Phi) is 5.83. The van der Waals surface area contributed by atoms with E-state index in [2.05, 4.69) is 22.4 Å². The number of rotatable bonds is 6. The largest absolute Gasteiger partial charge is 0.361 e. The molecule has 2 rings (SSSR count). The van der Waals surface area contributed by atoms with E-state index in [0.717, 1.165) is 28.5 Å². The zero-order valence-electron chi connectivity index (χ0n) is 13.0. The van der Waals surface area contributed by atoms with Crippen molar-refractivity contribution < 1.29 is 9.32 Å². The lowest BCUT2D eigenvalue weighted by Gasteiger charge is -2.16. The fourth-order valence-corrected chi connectivity index (χ4v) is 2.48. The lowest BCUT2D eigenvalue weighted by molar-refractivity contribution is 0.219. The Labute approximate surface area is 134 Å². The topological polar surface area (TPSA) is 71.3 Å². The van der Waals surface area contributed by atoms with Crippen LogP contribution in [-0.2, 0) is 12.3 Å². The second-order valence-electron chi connectivity index (χ2n) is 4.90. The minimum Gasteiger partial charge on any atom is -0.361 e. The van der Waals surface area contributed by atoms with Crippen molar-refractivity contribution in [3.8, 4) is 0 Å². The van der Waals surface area contributed by atoms with E-state index in [-0.39, 0.29) is 6.03 Å². The number of amides is 2. The van der Waals surface area contributed by atoms with Crippen LogP contribution in [0.4, 0.5) is 10.6 Å². The van der Waals surface area contributed by atoms with Gasteiger partial charge in [-0.1, -0.05) is 12.1 Å². The van der Waals surface area contributed by atoms with Gasteiger partial charge in [0, 0.05) is 25.1 Å². The summed E-state index contributed by atoms with van der Waals surface area (Å²) in [6.45, 7) is 4.32. The molecule has 0 aliphatic rings. The van der Waals surface area contributed by atoms with Gasteiger partial charge in [0.25, 0.3) is 0 Å². The number of anilines is 1. The molecule has 0 unspecified atom stereocenters. The first kappa shape index (κ1) is 16.4. The van der Waals surface area contributed by atoms with Crippen molar-refractivity contribution in [2.45, 2.75) is 26.1 Å². The molecule has 0 aliphatic heterocycles. The zero-order valence-corrected chi connectivity index (χ0v) is 13.8. The number of pyridine rings is 1. The maximum absolute atomic E-state index is 12.2. The van der Waals surface area contributed by atoms with E-state index in [4.69, 9.17) is 4.52 Å². The molecule has 22 heavy (non-hydrogen) atoms. The Bertz CT molecular complexity index is 630. The minimum atomic E-state index is -0.228. The molecule has 7 heteroatoms. The SMILES string of the molecule is CCSCc1ccnc(NC(=O)N(C)Cc2cc(C)on2)c1. The highest BCUT2D eigenvalue weighted by molar-refractivity contribution is 7.98. The van der Waals surface area contributed by atoms with Crippen molar-refractivity contribution in [2.24, 2.45) is 0 Å². The lowest BCUT2D eigenvalue weighted by Crippen LogP contribution is -2.31.